The van der Waals surface area contributed by atoms with Crippen LogP contribution in [-0.2, 0) is 19.6 Å². The van der Waals surface area contributed by atoms with Gasteiger partial charge >= 0.3 is 0 Å². The van der Waals surface area contributed by atoms with E-state index in [-0.39, 0.29) is 16.5 Å². The zero-order chi connectivity index (χ0) is 16.0. The molecule has 0 atom stereocenters. The highest BCUT2D eigenvalue weighted by Crippen LogP contribution is 2.26. The van der Waals surface area contributed by atoms with Crippen LogP contribution >= 0.6 is 11.3 Å². The van der Waals surface area contributed by atoms with Crippen molar-refractivity contribution in [1.82, 2.24) is 0 Å². The fraction of sp³-hybridized carbons (Fsp3) is 0.214. The van der Waals surface area contributed by atoms with Crippen LogP contribution in [-0.4, -0.2) is 28.0 Å². The first-order chi connectivity index (χ1) is 10.5. The third-order valence-corrected chi connectivity index (χ3v) is 5.50. The van der Waals surface area contributed by atoms with Gasteiger partial charge in [0.2, 0.25) is 5.91 Å². The molecule has 0 aliphatic carbocycles. The van der Waals surface area contributed by atoms with Crippen molar-refractivity contribution in [2.24, 2.45) is 0 Å². The number of hydrogen-bond donors (Lipinski definition) is 2. The summed E-state index contributed by atoms with van der Waals surface area (Å²) in [7, 11) is -2.14. The number of sulfonamides is 1. The maximum absolute atomic E-state index is 12.2. The second-order valence-electron chi connectivity index (χ2n) is 4.37. The topological polar surface area (TPSA) is 84.5 Å². The van der Waals surface area contributed by atoms with Crippen molar-refractivity contribution in [2.75, 3.05) is 23.8 Å². The summed E-state index contributed by atoms with van der Waals surface area (Å²) in [5.41, 5.74) is 0.727. The van der Waals surface area contributed by atoms with Crippen molar-refractivity contribution in [3.05, 3.63) is 41.8 Å². The molecular formula is C14H16N2O4S2. The molecule has 1 amide bonds. The Balaban J connectivity index is 2.17. The summed E-state index contributed by atoms with van der Waals surface area (Å²) in [6.45, 7) is 0.301. The molecule has 1 aromatic carbocycles. The monoisotopic (exact) mass is 340 g/mol. The van der Waals surface area contributed by atoms with Gasteiger partial charge in [0, 0.05) is 7.11 Å². The van der Waals surface area contributed by atoms with E-state index in [0.717, 1.165) is 11.3 Å². The Morgan fingerprint density at radius 3 is 2.55 bits per heavy atom. The van der Waals surface area contributed by atoms with Gasteiger partial charge in [-0.25, -0.2) is 8.42 Å². The maximum Gasteiger partial charge on any atom is 0.271 e. The molecule has 1 heterocycles. The van der Waals surface area contributed by atoms with Crippen molar-refractivity contribution >= 4 is 38.6 Å². The molecule has 0 unspecified atom stereocenters. The third kappa shape index (κ3) is 4.30. The lowest BCUT2D eigenvalue weighted by Gasteiger charge is -2.12. The number of anilines is 2. The summed E-state index contributed by atoms with van der Waals surface area (Å²) in [5, 5.41) is 4.36. The van der Waals surface area contributed by atoms with Gasteiger partial charge in [-0.2, -0.15) is 0 Å². The lowest BCUT2D eigenvalue weighted by Crippen LogP contribution is -2.17. The first-order valence-electron chi connectivity index (χ1n) is 6.47. The fourth-order valence-electron chi connectivity index (χ4n) is 1.70. The third-order valence-electron chi connectivity index (χ3n) is 2.74. The maximum atomic E-state index is 12.2. The van der Waals surface area contributed by atoms with Crippen LogP contribution in [0.15, 0.2) is 46.0 Å². The Morgan fingerprint density at radius 2 is 1.91 bits per heavy atom. The molecule has 0 bridgehead atoms. The normalized spacial score (nSPS) is 11.1. The number of hydrogen-bond acceptors (Lipinski definition) is 5. The number of para-hydroxylation sites is 2. The SMILES string of the molecule is COCCC(=O)Nc1ccccc1NS(=O)(=O)c1cccs1. The molecule has 8 heteroatoms. The van der Waals surface area contributed by atoms with Gasteiger partial charge < -0.3 is 10.1 Å². The van der Waals surface area contributed by atoms with E-state index in [1.807, 2.05) is 0 Å². The van der Waals surface area contributed by atoms with Crippen LogP contribution in [0.2, 0.25) is 0 Å². The Bertz CT molecular complexity index is 727. The molecule has 2 N–H and O–H groups in total. The Morgan fingerprint density at radius 1 is 1.18 bits per heavy atom. The smallest absolute Gasteiger partial charge is 0.271 e. The van der Waals surface area contributed by atoms with Crippen molar-refractivity contribution in [1.29, 1.82) is 0 Å². The van der Waals surface area contributed by atoms with Crippen LogP contribution in [0.5, 0.6) is 0 Å². The lowest BCUT2D eigenvalue weighted by molar-refractivity contribution is -0.117. The molecule has 0 spiro atoms. The Kier molecular flexibility index (Phi) is 5.53. The number of amides is 1. The van der Waals surface area contributed by atoms with Crippen molar-refractivity contribution < 1.29 is 17.9 Å². The average molecular weight is 340 g/mol. The van der Waals surface area contributed by atoms with Crippen LogP contribution < -0.4 is 10.0 Å². The van der Waals surface area contributed by atoms with Gasteiger partial charge in [0.25, 0.3) is 10.0 Å². The molecule has 0 saturated heterocycles. The Hall–Kier alpha value is -1.90. The van der Waals surface area contributed by atoms with Gasteiger partial charge in [-0.1, -0.05) is 18.2 Å². The number of ether oxygens (including phenoxy) is 1. The van der Waals surface area contributed by atoms with Crippen molar-refractivity contribution in [3.8, 4) is 0 Å². The summed E-state index contributed by atoms with van der Waals surface area (Å²) in [4.78, 5) is 11.8. The van der Waals surface area contributed by atoms with Crippen molar-refractivity contribution in [2.45, 2.75) is 10.6 Å². The number of benzene rings is 1. The highest BCUT2D eigenvalue weighted by molar-refractivity contribution is 7.94. The summed E-state index contributed by atoms with van der Waals surface area (Å²) in [6.07, 6.45) is 0.197. The highest BCUT2D eigenvalue weighted by atomic mass is 32.2. The standard InChI is InChI=1S/C14H16N2O4S2/c1-20-9-8-13(17)15-11-5-2-3-6-12(11)16-22(18,19)14-7-4-10-21-14/h2-7,10,16H,8-9H2,1H3,(H,15,17). The molecule has 22 heavy (non-hydrogen) atoms. The van der Waals surface area contributed by atoms with Gasteiger partial charge in [-0.15, -0.1) is 11.3 Å². The predicted molar refractivity (Wildman–Crippen MR) is 86.7 cm³/mol. The quantitative estimate of drug-likeness (QED) is 0.811. The lowest BCUT2D eigenvalue weighted by atomic mass is 10.2. The second-order valence-corrected chi connectivity index (χ2v) is 7.23. The van der Waals surface area contributed by atoms with Gasteiger partial charge in [-0.05, 0) is 23.6 Å². The first-order valence-corrected chi connectivity index (χ1v) is 8.83. The minimum absolute atomic E-state index is 0.197. The molecule has 0 fully saturated rings. The van der Waals surface area contributed by atoms with Gasteiger partial charge in [0.1, 0.15) is 4.21 Å². The summed E-state index contributed by atoms with van der Waals surface area (Å²) >= 11 is 1.13. The second kappa shape index (κ2) is 7.39. The largest absolute Gasteiger partial charge is 0.384 e. The zero-order valence-corrected chi connectivity index (χ0v) is 13.5. The van der Waals surface area contributed by atoms with Gasteiger partial charge in [0.15, 0.2) is 0 Å². The number of carbonyl (C=O) groups excluding carboxylic acids is 1. The van der Waals surface area contributed by atoms with E-state index < -0.39 is 10.0 Å². The van der Waals surface area contributed by atoms with E-state index in [0.29, 0.717) is 18.0 Å². The summed E-state index contributed by atoms with van der Waals surface area (Å²) in [5.74, 6) is -0.246. The minimum atomic E-state index is -3.65. The number of rotatable bonds is 7. The highest BCUT2D eigenvalue weighted by Gasteiger charge is 2.17. The zero-order valence-electron chi connectivity index (χ0n) is 11.9. The van der Waals surface area contributed by atoms with Gasteiger partial charge in [0.05, 0.1) is 24.4 Å². The van der Waals surface area contributed by atoms with Gasteiger partial charge in [-0.3, -0.25) is 9.52 Å². The molecule has 0 radical (unpaired) electrons. The first kappa shape index (κ1) is 16.5. The molecular weight excluding hydrogens is 324 g/mol. The van der Waals surface area contributed by atoms with Crippen molar-refractivity contribution in [3.63, 3.8) is 0 Å². The van der Waals surface area contributed by atoms with Crippen LogP contribution in [0.3, 0.4) is 0 Å². The van der Waals surface area contributed by atoms with Crippen LogP contribution in [0, 0.1) is 0 Å². The molecule has 6 nitrogen and oxygen atoms in total. The van der Waals surface area contributed by atoms with E-state index in [1.54, 1.807) is 35.7 Å². The molecule has 0 aliphatic rings. The van der Waals surface area contributed by atoms with Crippen LogP contribution in [0.1, 0.15) is 6.42 Å². The molecule has 2 aromatic rings. The van der Waals surface area contributed by atoms with Crippen LogP contribution in [0.4, 0.5) is 11.4 Å². The molecule has 2 rings (SSSR count). The average Bonchev–Trinajstić information content (AvgIpc) is 3.02. The summed E-state index contributed by atoms with van der Waals surface area (Å²) in [6, 6.07) is 9.82. The molecule has 0 aliphatic heterocycles. The molecule has 0 saturated carbocycles. The number of thiophene rings is 1. The Labute approximate surface area is 133 Å². The van der Waals surface area contributed by atoms with E-state index >= 15 is 0 Å². The van der Waals surface area contributed by atoms with E-state index in [9.17, 15) is 13.2 Å². The number of carbonyl (C=O) groups is 1. The fourth-order valence-corrected chi connectivity index (χ4v) is 3.77. The number of methoxy groups -OCH3 is 1. The number of nitrogens with one attached hydrogen (secondary N) is 2. The van der Waals surface area contributed by atoms with E-state index in [4.69, 9.17) is 4.74 Å². The minimum Gasteiger partial charge on any atom is -0.384 e. The molecule has 118 valence electrons. The summed E-state index contributed by atoms with van der Waals surface area (Å²) < 4.78 is 32.0. The predicted octanol–water partition coefficient (Wildman–Crippen LogP) is 2.52. The molecule has 1 aromatic heterocycles. The van der Waals surface area contributed by atoms with Crippen LogP contribution in [0.25, 0.3) is 0 Å². The van der Waals surface area contributed by atoms with E-state index in [1.165, 1.54) is 13.2 Å². The van der Waals surface area contributed by atoms with E-state index in [2.05, 4.69) is 10.0 Å².